The van der Waals surface area contributed by atoms with Gasteiger partial charge in [-0.3, -0.25) is 9.59 Å². The summed E-state index contributed by atoms with van der Waals surface area (Å²) in [6.07, 6.45) is 7.96. The van der Waals surface area contributed by atoms with E-state index in [0.29, 0.717) is 25.4 Å². The first-order valence-corrected chi connectivity index (χ1v) is 13.6. The lowest BCUT2D eigenvalue weighted by Gasteiger charge is -2.49. The molecule has 4 aliphatic rings. The number of ether oxygens (including phenoxy) is 2. The number of fused-ring (bicyclic) bond motifs is 1. The average Bonchev–Trinajstić information content (AvgIpc) is 3.30. The number of ketones is 1. The van der Waals surface area contributed by atoms with E-state index >= 15 is 0 Å². The molecule has 4 rings (SSSR count). The van der Waals surface area contributed by atoms with Crippen LogP contribution < -0.4 is 0 Å². The molecule has 1 heterocycles. The van der Waals surface area contributed by atoms with E-state index in [1.54, 1.807) is 0 Å². The van der Waals surface area contributed by atoms with E-state index in [-0.39, 0.29) is 16.9 Å². The first-order valence-electron chi connectivity index (χ1n) is 12.3. The van der Waals surface area contributed by atoms with Gasteiger partial charge in [-0.2, -0.15) is 0 Å². The van der Waals surface area contributed by atoms with Crippen LogP contribution in [0.15, 0.2) is 22.8 Å². The van der Waals surface area contributed by atoms with Gasteiger partial charge in [-0.05, 0) is 86.1 Å². The van der Waals surface area contributed by atoms with Gasteiger partial charge in [-0.15, -0.1) is 0 Å². The number of Topliss-reactive ketones (excluding diaryl/α,β-unsaturated/α-hetero) is 1. The van der Waals surface area contributed by atoms with Crippen molar-refractivity contribution in [2.24, 2.45) is 17.3 Å². The molecule has 0 amide bonds. The molecule has 32 heavy (non-hydrogen) atoms. The van der Waals surface area contributed by atoms with Crippen LogP contribution in [0.5, 0.6) is 0 Å². The summed E-state index contributed by atoms with van der Waals surface area (Å²) in [5.74, 6) is -0.0644. The highest BCUT2D eigenvalue weighted by Gasteiger charge is 2.59. The van der Waals surface area contributed by atoms with Gasteiger partial charge in [-0.1, -0.05) is 20.8 Å². The maximum absolute atomic E-state index is 13.4. The van der Waals surface area contributed by atoms with E-state index in [2.05, 4.69) is 47.6 Å². The van der Waals surface area contributed by atoms with Crippen LogP contribution in [-0.2, 0) is 23.5 Å². The van der Waals surface area contributed by atoms with Gasteiger partial charge >= 0.3 is 0 Å². The molecule has 3 unspecified atom stereocenters. The third-order valence-corrected chi connectivity index (χ3v) is 10.2. The number of hydrogen-bond donors (Lipinski definition) is 0. The topological polar surface area (TPSA) is 61.8 Å². The molecule has 1 spiro atoms. The normalized spacial score (nSPS) is 33.3. The molecule has 1 saturated carbocycles. The summed E-state index contributed by atoms with van der Waals surface area (Å²) >= 11 is 0. The first kappa shape index (κ1) is 24.1. The average molecular weight is 461 g/mol. The Morgan fingerprint density at radius 3 is 2.41 bits per heavy atom. The molecule has 0 bridgehead atoms. The fourth-order valence-electron chi connectivity index (χ4n) is 6.38. The Morgan fingerprint density at radius 2 is 1.78 bits per heavy atom. The SMILES string of the molecule is CC(C)(C)[SiH2]OC(C)(C)C1(C)C(=O)CCC1C1CCC2=CC3(CCC2=C1C=O)OCCO3. The lowest BCUT2D eigenvalue weighted by Crippen LogP contribution is -2.53. The number of hydrogen-bond acceptors (Lipinski definition) is 5. The zero-order chi connectivity index (χ0) is 23.4. The fraction of sp³-hybridized carbons (Fsp3) is 0.769. The van der Waals surface area contributed by atoms with Gasteiger partial charge in [0.25, 0.3) is 0 Å². The van der Waals surface area contributed by atoms with Crippen molar-refractivity contribution < 1.29 is 23.5 Å². The van der Waals surface area contributed by atoms with Gasteiger partial charge in [0.1, 0.15) is 12.1 Å². The number of aldehydes is 1. The van der Waals surface area contributed by atoms with E-state index in [4.69, 9.17) is 13.9 Å². The summed E-state index contributed by atoms with van der Waals surface area (Å²) in [5, 5.41) is 0.160. The Labute approximate surface area is 195 Å². The second-order valence-corrected chi connectivity index (χ2v) is 14.7. The summed E-state index contributed by atoms with van der Waals surface area (Å²) in [6, 6.07) is 0. The number of rotatable bonds is 5. The van der Waals surface area contributed by atoms with Crippen LogP contribution >= 0.6 is 0 Å². The van der Waals surface area contributed by atoms with Crippen LogP contribution in [0.1, 0.15) is 80.1 Å². The Bertz CT molecular complexity index is 843. The number of carbonyl (C=O) groups is 2. The van der Waals surface area contributed by atoms with Crippen LogP contribution in [0.3, 0.4) is 0 Å². The van der Waals surface area contributed by atoms with Crippen molar-refractivity contribution in [1.29, 1.82) is 0 Å². The van der Waals surface area contributed by atoms with Gasteiger partial charge in [0.2, 0.25) is 0 Å². The second-order valence-electron chi connectivity index (χ2n) is 12.0. The van der Waals surface area contributed by atoms with Crippen LogP contribution in [0.4, 0.5) is 0 Å². The third-order valence-electron chi connectivity index (χ3n) is 8.49. The molecular formula is C26H40O5Si. The monoisotopic (exact) mass is 460 g/mol. The van der Waals surface area contributed by atoms with Crippen LogP contribution in [0.25, 0.3) is 0 Å². The Hall–Kier alpha value is -1.08. The zero-order valence-electron chi connectivity index (χ0n) is 20.7. The van der Waals surface area contributed by atoms with Gasteiger partial charge < -0.3 is 13.9 Å². The summed E-state index contributed by atoms with van der Waals surface area (Å²) < 4.78 is 18.4. The predicted molar refractivity (Wildman–Crippen MR) is 127 cm³/mol. The third kappa shape index (κ3) is 4.02. The smallest absolute Gasteiger partial charge is 0.188 e. The minimum Gasteiger partial charge on any atom is -0.418 e. The van der Waals surface area contributed by atoms with Crippen LogP contribution in [0, 0.1) is 17.3 Å². The van der Waals surface area contributed by atoms with E-state index in [1.807, 2.05) is 0 Å². The summed E-state index contributed by atoms with van der Waals surface area (Å²) in [7, 11) is -0.818. The fourth-order valence-corrected chi connectivity index (χ4v) is 7.47. The molecule has 0 radical (unpaired) electrons. The van der Waals surface area contributed by atoms with Crippen molar-refractivity contribution in [2.75, 3.05) is 13.2 Å². The first-order chi connectivity index (χ1) is 14.9. The largest absolute Gasteiger partial charge is 0.418 e. The zero-order valence-corrected chi connectivity index (χ0v) is 22.1. The Morgan fingerprint density at radius 1 is 1.09 bits per heavy atom. The molecule has 6 heteroatoms. The molecule has 0 aromatic rings. The highest BCUT2D eigenvalue weighted by Crippen LogP contribution is 2.57. The number of allylic oxidation sites excluding steroid dienone is 3. The van der Waals surface area contributed by atoms with Crippen molar-refractivity contribution in [3.05, 3.63) is 22.8 Å². The standard InChI is InChI=1S/C26H40O5Si/c1-23(2,3)32-31-24(4,5)25(6)21(9-10-22(25)28)19-8-7-17-15-26(29-13-14-30-26)12-11-18(17)20(19)16-27/h15-16,19,21H,7-14,32H2,1-6H3. The summed E-state index contributed by atoms with van der Waals surface area (Å²) in [6.45, 7) is 14.2. The summed E-state index contributed by atoms with van der Waals surface area (Å²) in [4.78, 5) is 25.8. The van der Waals surface area contributed by atoms with Gasteiger partial charge in [0.05, 0.1) is 24.2 Å². The van der Waals surface area contributed by atoms with Gasteiger partial charge in [0.15, 0.2) is 15.6 Å². The number of carbonyl (C=O) groups excluding carboxylic acids is 2. The molecule has 2 fully saturated rings. The molecule has 3 atom stereocenters. The van der Waals surface area contributed by atoms with Crippen molar-refractivity contribution in [3.63, 3.8) is 0 Å². The van der Waals surface area contributed by atoms with E-state index in [9.17, 15) is 9.59 Å². The molecule has 0 aromatic heterocycles. The van der Waals surface area contributed by atoms with Gasteiger partial charge in [0, 0.05) is 12.8 Å². The molecular weight excluding hydrogens is 420 g/mol. The van der Waals surface area contributed by atoms with Crippen molar-refractivity contribution in [1.82, 2.24) is 0 Å². The summed E-state index contributed by atoms with van der Waals surface area (Å²) in [5.41, 5.74) is 2.16. The molecule has 0 aromatic carbocycles. The van der Waals surface area contributed by atoms with Crippen LogP contribution in [0.2, 0.25) is 5.04 Å². The molecule has 1 saturated heterocycles. The van der Waals surface area contributed by atoms with Crippen molar-refractivity contribution >= 4 is 21.8 Å². The minimum absolute atomic E-state index is 0.106. The molecule has 1 aliphatic heterocycles. The lowest BCUT2D eigenvalue weighted by atomic mass is 9.59. The maximum Gasteiger partial charge on any atom is 0.188 e. The lowest BCUT2D eigenvalue weighted by molar-refractivity contribution is -0.141. The predicted octanol–water partition coefficient (Wildman–Crippen LogP) is 4.44. The van der Waals surface area contributed by atoms with E-state index < -0.39 is 26.6 Å². The molecule has 178 valence electrons. The van der Waals surface area contributed by atoms with E-state index in [1.165, 1.54) is 11.1 Å². The molecule has 0 N–H and O–H groups in total. The second kappa shape index (κ2) is 8.29. The highest BCUT2D eigenvalue weighted by atomic mass is 28.2. The molecule has 5 nitrogen and oxygen atoms in total. The molecule has 3 aliphatic carbocycles. The quantitative estimate of drug-likeness (QED) is 0.448. The maximum atomic E-state index is 13.4. The van der Waals surface area contributed by atoms with E-state index in [0.717, 1.165) is 44.0 Å². The highest BCUT2D eigenvalue weighted by molar-refractivity contribution is 6.32. The van der Waals surface area contributed by atoms with Crippen molar-refractivity contribution in [2.45, 2.75) is 96.5 Å². The van der Waals surface area contributed by atoms with Gasteiger partial charge in [-0.25, -0.2) is 0 Å². The Balaban J connectivity index is 1.66. The Kier molecular flexibility index (Phi) is 6.24. The van der Waals surface area contributed by atoms with Crippen LogP contribution in [-0.4, -0.2) is 46.4 Å². The van der Waals surface area contributed by atoms with Crippen molar-refractivity contribution in [3.8, 4) is 0 Å². The minimum atomic E-state index is -0.818.